The van der Waals surface area contributed by atoms with Crippen LogP contribution in [0.4, 0.5) is 0 Å². The number of hydrogen-bond donors (Lipinski definition) is 0. The molecule has 1 heteroatoms. The zero-order valence-electron chi connectivity index (χ0n) is 19.7. The van der Waals surface area contributed by atoms with Gasteiger partial charge in [-0.15, -0.1) is 0 Å². The van der Waals surface area contributed by atoms with Crippen LogP contribution in [-0.2, 0) is 0 Å². The van der Waals surface area contributed by atoms with Gasteiger partial charge in [-0.05, 0) is 38.9 Å². The summed E-state index contributed by atoms with van der Waals surface area (Å²) in [7, 11) is 0. The summed E-state index contributed by atoms with van der Waals surface area (Å²) in [6.07, 6.45) is 28.7. The first kappa shape index (κ1) is 27.0. The van der Waals surface area contributed by atoms with E-state index in [0.717, 1.165) is 0 Å². The average molecular weight is 382 g/mol. The van der Waals surface area contributed by atoms with Gasteiger partial charge in [0, 0.05) is 0 Å². The fourth-order valence-corrected chi connectivity index (χ4v) is 4.01. The largest absolute Gasteiger partial charge is 0.303 e. The van der Waals surface area contributed by atoms with Crippen molar-refractivity contribution < 1.29 is 0 Å². The summed E-state index contributed by atoms with van der Waals surface area (Å²) >= 11 is 0. The molecule has 0 aliphatic heterocycles. The highest BCUT2D eigenvalue weighted by molar-refractivity contribution is 4.60. The molecular weight excluding hydrogens is 326 g/mol. The van der Waals surface area contributed by atoms with Gasteiger partial charge in [-0.25, -0.2) is 0 Å². The van der Waals surface area contributed by atoms with Crippen molar-refractivity contribution in [2.45, 2.75) is 149 Å². The van der Waals surface area contributed by atoms with Crippen molar-refractivity contribution in [3.63, 3.8) is 0 Å². The molecule has 0 saturated heterocycles. The van der Waals surface area contributed by atoms with Crippen LogP contribution in [0.1, 0.15) is 149 Å². The molecule has 0 atom stereocenters. The summed E-state index contributed by atoms with van der Waals surface area (Å²) in [6, 6.07) is 0. The first-order valence-corrected chi connectivity index (χ1v) is 13.1. The van der Waals surface area contributed by atoms with E-state index in [1.165, 1.54) is 148 Å². The van der Waals surface area contributed by atoms with Gasteiger partial charge in [-0.1, -0.05) is 130 Å². The van der Waals surface area contributed by atoms with E-state index in [2.05, 4.69) is 25.7 Å². The van der Waals surface area contributed by atoms with Crippen LogP contribution in [0.3, 0.4) is 0 Å². The standard InChI is InChI=1S/C26H55N/c1-4-7-10-12-14-16-18-20-22-25-27(24-9-6-3)26-23-21-19-17-15-13-11-8-5-2/h4-26H2,1-3H3. The molecule has 0 heterocycles. The van der Waals surface area contributed by atoms with Gasteiger partial charge >= 0.3 is 0 Å². The molecule has 0 aliphatic rings. The van der Waals surface area contributed by atoms with Gasteiger partial charge in [0.25, 0.3) is 0 Å². The lowest BCUT2D eigenvalue weighted by molar-refractivity contribution is 0.256. The second-order valence-corrected chi connectivity index (χ2v) is 8.85. The molecule has 0 bridgehead atoms. The van der Waals surface area contributed by atoms with Gasteiger partial charge in [-0.3, -0.25) is 0 Å². The Labute approximate surface area is 174 Å². The summed E-state index contributed by atoms with van der Waals surface area (Å²) in [4.78, 5) is 2.77. The van der Waals surface area contributed by atoms with E-state index in [-0.39, 0.29) is 0 Å². The lowest BCUT2D eigenvalue weighted by atomic mass is 10.1. The van der Waals surface area contributed by atoms with Gasteiger partial charge < -0.3 is 4.90 Å². The highest BCUT2D eigenvalue weighted by atomic mass is 15.1. The molecule has 0 amide bonds. The number of nitrogens with zero attached hydrogens (tertiary/aromatic N) is 1. The fourth-order valence-electron chi connectivity index (χ4n) is 4.01. The van der Waals surface area contributed by atoms with Crippen LogP contribution in [-0.4, -0.2) is 24.5 Å². The van der Waals surface area contributed by atoms with Crippen LogP contribution in [0.2, 0.25) is 0 Å². The molecule has 0 aromatic carbocycles. The molecule has 0 N–H and O–H groups in total. The average Bonchev–Trinajstić information content (AvgIpc) is 2.68. The minimum Gasteiger partial charge on any atom is -0.303 e. The van der Waals surface area contributed by atoms with Gasteiger partial charge in [0.15, 0.2) is 0 Å². The quantitative estimate of drug-likeness (QED) is 0.159. The maximum absolute atomic E-state index is 2.77. The summed E-state index contributed by atoms with van der Waals surface area (Å²) in [5, 5.41) is 0. The van der Waals surface area contributed by atoms with E-state index in [1.54, 1.807) is 0 Å². The number of unbranched alkanes of at least 4 members (excludes halogenated alkanes) is 17. The van der Waals surface area contributed by atoms with Gasteiger partial charge in [-0.2, -0.15) is 0 Å². The summed E-state index contributed by atoms with van der Waals surface area (Å²) in [5.41, 5.74) is 0. The SMILES string of the molecule is CCCCCCCCCCCN(CCCC)CCCCCCCCCCC. The third-order valence-electron chi connectivity index (χ3n) is 5.98. The topological polar surface area (TPSA) is 3.24 Å². The Morgan fingerprint density at radius 2 is 0.556 bits per heavy atom. The van der Waals surface area contributed by atoms with Crippen molar-refractivity contribution in [3.05, 3.63) is 0 Å². The Hall–Kier alpha value is -0.0400. The Bertz CT molecular complexity index is 229. The molecule has 0 unspecified atom stereocenters. The summed E-state index contributed by atoms with van der Waals surface area (Å²) < 4.78 is 0. The van der Waals surface area contributed by atoms with Crippen LogP contribution in [0.5, 0.6) is 0 Å². The highest BCUT2D eigenvalue weighted by Crippen LogP contribution is 2.12. The van der Waals surface area contributed by atoms with Gasteiger partial charge in [0.05, 0.1) is 0 Å². The Morgan fingerprint density at radius 3 is 0.889 bits per heavy atom. The monoisotopic (exact) mass is 381 g/mol. The maximum atomic E-state index is 2.77. The Kier molecular flexibility index (Phi) is 24.0. The van der Waals surface area contributed by atoms with Crippen molar-refractivity contribution in [1.29, 1.82) is 0 Å². The van der Waals surface area contributed by atoms with E-state index in [9.17, 15) is 0 Å². The maximum Gasteiger partial charge on any atom is -0.00187 e. The molecule has 164 valence electrons. The van der Waals surface area contributed by atoms with Gasteiger partial charge in [0.2, 0.25) is 0 Å². The van der Waals surface area contributed by atoms with E-state index in [4.69, 9.17) is 0 Å². The predicted molar refractivity (Wildman–Crippen MR) is 126 cm³/mol. The van der Waals surface area contributed by atoms with Gasteiger partial charge in [0.1, 0.15) is 0 Å². The van der Waals surface area contributed by atoms with Crippen molar-refractivity contribution in [3.8, 4) is 0 Å². The molecule has 0 aliphatic carbocycles. The molecule has 0 rings (SSSR count). The molecule has 0 spiro atoms. The highest BCUT2D eigenvalue weighted by Gasteiger charge is 2.04. The molecule has 0 aromatic rings. The molecule has 0 radical (unpaired) electrons. The number of hydrogen-bond acceptors (Lipinski definition) is 1. The lowest BCUT2D eigenvalue weighted by Gasteiger charge is -2.22. The summed E-state index contributed by atoms with van der Waals surface area (Å²) in [6.45, 7) is 11.0. The minimum atomic E-state index is 1.34. The van der Waals surface area contributed by atoms with E-state index in [1.807, 2.05) is 0 Å². The molecular formula is C26H55N. The van der Waals surface area contributed by atoms with Crippen molar-refractivity contribution in [2.24, 2.45) is 0 Å². The van der Waals surface area contributed by atoms with E-state index < -0.39 is 0 Å². The second kappa shape index (κ2) is 24.0. The summed E-state index contributed by atoms with van der Waals surface area (Å²) in [5.74, 6) is 0. The third-order valence-corrected chi connectivity index (χ3v) is 5.98. The van der Waals surface area contributed by atoms with Crippen LogP contribution >= 0.6 is 0 Å². The van der Waals surface area contributed by atoms with Crippen LogP contribution < -0.4 is 0 Å². The smallest absolute Gasteiger partial charge is 0.00187 e. The minimum absolute atomic E-state index is 1.34. The molecule has 27 heavy (non-hydrogen) atoms. The van der Waals surface area contributed by atoms with Crippen LogP contribution in [0, 0.1) is 0 Å². The van der Waals surface area contributed by atoms with Crippen molar-refractivity contribution in [2.75, 3.05) is 19.6 Å². The fraction of sp³-hybridized carbons (Fsp3) is 1.00. The number of rotatable bonds is 23. The molecule has 0 aromatic heterocycles. The molecule has 0 fully saturated rings. The Morgan fingerprint density at radius 1 is 0.296 bits per heavy atom. The zero-order valence-corrected chi connectivity index (χ0v) is 19.7. The Balaban J connectivity index is 3.53. The first-order valence-electron chi connectivity index (χ1n) is 13.1. The third kappa shape index (κ3) is 22.1. The van der Waals surface area contributed by atoms with E-state index in [0.29, 0.717) is 0 Å². The van der Waals surface area contributed by atoms with Crippen molar-refractivity contribution >= 4 is 0 Å². The van der Waals surface area contributed by atoms with Crippen molar-refractivity contribution in [1.82, 2.24) is 4.90 Å². The molecule has 0 saturated carbocycles. The van der Waals surface area contributed by atoms with E-state index >= 15 is 0 Å². The van der Waals surface area contributed by atoms with Crippen LogP contribution in [0.25, 0.3) is 0 Å². The lowest BCUT2D eigenvalue weighted by Crippen LogP contribution is -2.27. The predicted octanol–water partition coefficient (Wildman–Crippen LogP) is 9.15. The first-order chi connectivity index (χ1) is 13.3. The zero-order chi connectivity index (χ0) is 19.8. The second-order valence-electron chi connectivity index (χ2n) is 8.85. The van der Waals surface area contributed by atoms with Crippen LogP contribution in [0.15, 0.2) is 0 Å². The molecule has 1 nitrogen and oxygen atoms in total. The normalized spacial score (nSPS) is 11.6.